The summed E-state index contributed by atoms with van der Waals surface area (Å²) in [7, 11) is 0. The summed E-state index contributed by atoms with van der Waals surface area (Å²) in [6.45, 7) is 6.87. The molecule has 13 heteroatoms. The summed E-state index contributed by atoms with van der Waals surface area (Å²) in [6.07, 6.45) is 9.98. The fourth-order valence-corrected chi connectivity index (χ4v) is 6.71. The molecule has 1 amide bonds. The van der Waals surface area contributed by atoms with Crippen molar-refractivity contribution in [1.29, 1.82) is 0 Å². The van der Waals surface area contributed by atoms with Gasteiger partial charge in [-0.25, -0.2) is 19.3 Å². The average molecular weight is 585 g/mol. The number of hydrogen-bond acceptors (Lipinski definition) is 10. The van der Waals surface area contributed by atoms with Crippen molar-refractivity contribution in [1.82, 2.24) is 19.9 Å². The largest absolute Gasteiger partial charge is 0.463 e. The number of rotatable bonds is 6. The maximum Gasteiger partial charge on any atom is 0.240 e. The number of fused-ring (bicyclic) bond motifs is 2. The van der Waals surface area contributed by atoms with E-state index in [2.05, 4.69) is 25.9 Å². The fraction of sp³-hybridized carbons (Fsp3) is 0.464. The quantitative estimate of drug-likeness (QED) is 0.403. The number of aliphatic imine (C=N–C) groups is 1. The van der Waals surface area contributed by atoms with Gasteiger partial charge in [-0.05, 0) is 31.6 Å². The smallest absolute Gasteiger partial charge is 0.240 e. The van der Waals surface area contributed by atoms with Crippen LogP contribution in [0.4, 0.5) is 8.78 Å². The highest BCUT2D eigenvalue weighted by Gasteiger charge is 2.57. The van der Waals surface area contributed by atoms with Gasteiger partial charge in [0.25, 0.3) is 0 Å². The minimum Gasteiger partial charge on any atom is -0.463 e. The Hall–Kier alpha value is -3.60. The van der Waals surface area contributed by atoms with Gasteiger partial charge in [0.1, 0.15) is 10.4 Å². The standard InChI is InChI=1S/C28H30F2N6O4S/c1-5-6-40-23-11-32-22(10-33-23)21(29)8-17-7-20(24(30)34-9-17)27(3)16(2)28(4,41-26(31)35-27)25(37)36-18-12-38-14-19(36)15-39-13-18/h1,7-11,16,18-19H,6,12-15H2,2-4H3,(H2,31,35)/b21-8-/t16-,18?,19?,27-,28-/m0/s1. The second kappa shape index (κ2) is 11.3. The van der Waals surface area contributed by atoms with Crippen LogP contribution in [0.15, 0.2) is 29.6 Å². The molecule has 41 heavy (non-hydrogen) atoms. The molecule has 0 saturated carbocycles. The third-order valence-electron chi connectivity index (χ3n) is 7.89. The van der Waals surface area contributed by atoms with Gasteiger partial charge >= 0.3 is 0 Å². The molecule has 10 nitrogen and oxygen atoms in total. The molecule has 0 aromatic carbocycles. The predicted octanol–water partition coefficient (Wildman–Crippen LogP) is 2.79. The molecular formula is C28H30F2N6O4S. The first kappa shape index (κ1) is 28.9. The van der Waals surface area contributed by atoms with Gasteiger partial charge in [-0.1, -0.05) is 24.6 Å². The molecule has 3 atom stereocenters. The van der Waals surface area contributed by atoms with E-state index in [-0.39, 0.29) is 52.5 Å². The Morgan fingerprint density at radius 3 is 2.51 bits per heavy atom. The molecule has 2 fully saturated rings. The highest BCUT2D eigenvalue weighted by Crippen LogP contribution is 2.51. The summed E-state index contributed by atoms with van der Waals surface area (Å²) in [4.78, 5) is 32.5. The van der Waals surface area contributed by atoms with Gasteiger partial charge in [-0.3, -0.25) is 9.79 Å². The summed E-state index contributed by atoms with van der Waals surface area (Å²) in [5, 5.41) is 0.144. The maximum atomic E-state index is 15.4. The minimum absolute atomic E-state index is 0.00569. The SMILES string of the molecule is C#CCOc1cnc(/C(F)=C/c2cnc(F)c([C@@]3(C)N=C(N)S[C@](C)(C(=O)N4C5COCC4COC5)[C@H]3C)c2)cn1. The number of carbonyl (C=O) groups is 1. The number of amidine groups is 1. The van der Waals surface area contributed by atoms with E-state index < -0.39 is 28.0 Å². The summed E-state index contributed by atoms with van der Waals surface area (Å²) in [6, 6.07) is 1.02. The minimum atomic E-state index is -1.29. The number of carbonyl (C=O) groups excluding carboxylic acids is 1. The Morgan fingerprint density at radius 1 is 1.22 bits per heavy atom. The molecule has 2 bridgehead atoms. The lowest BCUT2D eigenvalue weighted by Gasteiger charge is -2.52. The topological polar surface area (TPSA) is 125 Å². The van der Waals surface area contributed by atoms with Crippen LogP contribution in [-0.2, 0) is 19.8 Å². The molecule has 5 heterocycles. The highest BCUT2D eigenvalue weighted by molar-refractivity contribution is 8.15. The van der Waals surface area contributed by atoms with E-state index in [4.69, 9.17) is 26.4 Å². The fourth-order valence-electron chi connectivity index (χ4n) is 5.44. The summed E-state index contributed by atoms with van der Waals surface area (Å²) >= 11 is 1.16. The molecule has 2 N–H and O–H groups in total. The number of thioether (sulfide) groups is 1. The Labute approximate surface area is 240 Å². The van der Waals surface area contributed by atoms with E-state index in [1.807, 2.05) is 11.8 Å². The van der Waals surface area contributed by atoms with Gasteiger partial charge in [0.05, 0.1) is 56.4 Å². The van der Waals surface area contributed by atoms with Gasteiger partial charge in [0.15, 0.2) is 17.6 Å². The number of halogens is 2. The van der Waals surface area contributed by atoms with Crippen LogP contribution in [0, 0.1) is 24.2 Å². The number of pyridine rings is 1. The van der Waals surface area contributed by atoms with Gasteiger partial charge < -0.3 is 24.8 Å². The first-order chi connectivity index (χ1) is 19.6. The Morgan fingerprint density at radius 2 is 1.90 bits per heavy atom. The van der Waals surface area contributed by atoms with Crippen LogP contribution in [0.3, 0.4) is 0 Å². The first-order valence-corrected chi connectivity index (χ1v) is 13.8. The molecule has 2 aromatic heterocycles. The van der Waals surface area contributed by atoms with Crippen LogP contribution in [0.2, 0.25) is 0 Å². The third-order valence-corrected chi connectivity index (χ3v) is 9.14. The number of morpholine rings is 2. The Kier molecular flexibility index (Phi) is 8.00. The van der Waals surface area contributed by atoms with Crippen LogP contribution in [0.25, 0.3) is 11.9 Å². The van der Waals surface area contributed by atoms with Crippen LogP contribution < -0.4 is 10.5 Å². The molecule has 0 radical (unpaired) electrons. The maximum absolute atomic E-state index is 15.4. The highest BCUT2D eigenvalue weighted by atomic mass is 32.2. The van der Waals surface area contributed by atoms with E-state index in [1.54, 1.807) is 13.8 Å². The average Bonchev–Trinajstić information content (AvgIpc) is 2.95. The van der Waals surface area contributed by atoms with Crippen LogP contribution in [0.1, 0.15) is 37.6 Å². The normalized spacial score (nSPS) is 29.9. The lowest BCUT2D eigenvalue weighted by atomic mass is 9.73. The Balaban J connectivity index is 1.46. The zero-order valence-electron chi connectivity index (χ0n) is 22.8. The summed E-state index contributed by atoms with van der Waals surface area (Å²) < 4.78 is 45.9. The summed E-state index contributed by atoms with van der Waals surface area (Å²) in [5.41, 5.74) is 5.31. The predicted molar refractivity (Wildman–Crippen MR) is 150 cm³/mol. The van der Waals surface area contributed by atoms with E-state index >= 15 is 8.78 Å². The van der Waals surface area contributed by atoms with Crippen LogP contribution in [0.5, 0.6) is 5.88 Å². The Bertz CT molecular complexity index is 1410. The third kappa shape index (κ3) is 5.39. The number of aromatic nitrogens is 3. The number of terminal acetylenes is 1. The molecule has 2 aromatic rings. The van der Waals surface area contributed by atoms with Gasteiger partial charge in [0, 0.05) is 17.7 Å². The van der Waals surface area contributed by atoms with Crippen molar-refractivity contribution in [2.24, 2.45) is 16.6 Å². The number of hydrogen-bond donors (Lipinski definition) is 1. The van der Waals surface area contributed by atoms with Crippen LogP contribution in [-0.4, -0.2) is 80.8 Å². The number of ether oxygens (including phenoxy) is 3. The van der Waals surface area contributed by atoms with Crippen molar-refractivity contribution in [3.8, 4) is 18.2 Å². The zero-order chi connectivity index (χ0) is 29.4. The number of nitrogens with zero attached hydrogens (tertiary/aromatic N) is 5. The van der Waals surface area contributed by atoms with Gasteiger partial charge in [-0.15, -0.1) is 6.42 Å². The monoisotopic (exact) mass is 584 g/mol. The van der Waals surface area contributed by atoms with Crippen molar-refractivity contribution in [2.45, 2.75) is 43.1 Å². The second-order valence-corrected chi connectivity index (χ2v) is 11.9. The van der Waals surface area contributed by atoms with Crippen molar-refractivity contribution < 1.29 is 27.8 Å². The molecule has 0 aliphatic carbocycles. The van der Waals surface area contributed by atoms with E-state index in [1.165, 1.54) is 30.7 Å². The number of amides is 1. The van der Waals surface area contributed by atoms with Gasteiger partial charge in [0.2, 0.25) is 17.7 Å². The molecule has 2 saturated heterocycles. The summed E-state index contributed by atoms with van der Waals surface area (Å²) in [5.74, 6) is 0.281. The zero-order valence-corrected chi connectivity index (χ0v) is 23.7. The van der Waals surface area contributed by atoms with E-state index in [0.717, 1.165) is 11.8 Å². The lowest BCUT2D eigenvalue weighted by molar-refractivity contribution is -0.171. The van der Waals surface area contributed by atoms with Crippen molar-refractivity contribution >= 4 is 34.7 Å². The van der Waals surface area contributed by atoms with Crippen LogP contribution >= 0.6 is 11.8 Å². The molecule has 3 aliphatic heterocycles. The first-order valence-electron chi connectivity index (χ1n) is 13.0. The molecule has 0 spiro atoms. The molecule has 0 unspecified atom stereocenters. The molecule has 5 rings (SSSR count). The van der Waals surface area contributed by atoms with Crippen molar-refractivity contribution in [2.75, 3.05) is 33.0 Å². The van der Waals surface area contributed by atoms with E-state index in [9.17, 15) is 4.79 Å². The molecule has 3 aliphatic rings. The lowest BCUT2D eigenvalue weighted by Crippen LogP contribution is -2.67. The molecule has 216 valence electrons. The van der Waals surface area contributed by atoms with Gasteiger partial charge in [-0.2, -0.15) is 4.39 Å². The van der Waals surface area contributed by atoms with Crippen molar-refractivity contribution in [3.05, 3.63) is 47.4 Å². The second-order valence-electron chi connectivity index (χ2n) is 10.5. The number of nitrogens with two attached hydrogens (primary N) is 1. The molecular weight excluding hydrogens is 554 g/mol. The van der Waals surface area contributed by atoms with E-state index in [0.29, 0.717) is 26.4 Å². The van der Waals surface area contributed by atoms with Crippen molar-refractivity contribution in [3.63, 3.8) is 0 Å².